The number of anilines is 11. The zero-order valence-electron chi connectivity index (χ0n) is 52.0. The molecule has 0 unspecified atom stereocenters. The number of sulfonamides is 2. The second kappa shape index (κ2) is 30.3. The molecule has 0 aliphatic carbocycles. The third-order valence-corrected chi connectivity index (χ3v) is 18.8. The van der Waals surface area contributed by atoms with Gasteiger partial charge in [-0.15, -0.1) is 0 Å². The van der Waals surface area contributed by atoms with Gasteiger partial charge in [0.25, 0.3) is 0 Å². The first-order valence-electron chi connectivity index (χ1n) is 29.8. The second-order valence-electron chi connectivity index (χ2n) is 22.8. The molecule has 0 radical (unpaired) electrons. The molecule has 93 heavy (non-hydrogen) atoms. The highest BCUT2D eigenvalue weighted by Crippen LogP contribution is 2.39. The lowest BCUT2D eigenvalue weighted by molar-refractivity contribution is 0.0981. The van der Waals surface area contributed by atoms with E-state index in [2.05, 4.69) is 141 Å². The Morgan fingerprint density at radius 1 is 0.548 bits per heavy atom. The number of nitrogen functional groups attached to an aromatic ring is 1. The van der Waals surface area contributed by atoms with E-state index in [4.69, 9.17) is 26.8 Å². The van der Waals surface area contributed by atoms with Crippen molar-refractivity contribution in [3.63, 3.8) is 0 Å². The fourth-order valence-electron chi connectivity index (χ4n) is 11.5. The first-order valence-corrected chi connectivity index (χ1v) is 35.5. The number of halogens is 5. The maximum Gasteiger partial charge on any atom is 0.229 e. The van der Waals surface area contributed by atoms with Crippen molar-refractivity contribution in [2.24, 2.45) is 0 Å². The molecule has 7 N–H and O–H groups in total. The Morgan fingerprint density at radius 3 is 1.44 bits per heavy atom. The predicted octanol–water partition coefficient (Wildman–Crippen LogP) is 8.99. The summed E-state index contributed by atoms with van der Waals surface area (Å²) in [5.41, 5.74) is 10.8. The van der Waals surface area contributed by atoms with E-state index >= 15 is 4.39 Å². The van der Waals surface area contributed by atoms with E-state index < -0.39 is 20.0 Å². The number of nitrogens with two attached hydrogens (primary N) is 1. The Kier molecular flexibility index (Phi) is 22.3. The van der Waals surface area contributed by atoms with E-state index in [0.717, 1.165) is 117 Å². The Morgan fingerprint density at radius 2 is 0.978 bits per heavy atom. The van der Waals surface area contributed by atoms with E-state index in [9.17, 15) is 21.2 Å². The Hall–Kier alpha value is -7.43. The van der Waals surface area contributed by atoms with Crippen LogP contribution in [0.4, 0.5) is 71.9 Å². The normalized spacial score (nSPS) is 16.6. The lowest BCUT2D eigenvalue weighted by Crippen LogP contribution is -2.52. The average Bonchev–Trinajstić information content (AvgIpc) is 1.04. The van der Waals surface area contributed by atoms with Crippen LogP contribution in [0.1, 0.15) is 25.7 Å². The minimum Gasteiger partial charge on any atom is -0.495 e. The number of fused-ring (bicyclic) bond motifs is 2. The van der Waals surface area contributed by atoms with Gasteiger partial charge in [-0.05, 0) is 108 Å². The van der Waals surface area contributed by atoms with Gasteiger partial charge in [-0.2, -0.15) is 9.97 Å². The molecular formula is C60H73Br2ClF2N20O6S2. The van der Waals surface area contributed by atoms with E-state index in [0.29, 0.717) is 100 Å². The smallest absolute Gasteiger partial charge is 0.229 e. The van der Waals surface area contributed by atoms with Crippen LogP contribution in [0, 0.1) is 11.6 Å². The van der Waals surface area contributed by atoms with Gasteiger partial charge >= 0.3 is 0 Å². The van der Waals surface area contributed by atoms with Crippen molar-refractivity contribution in [2.75, 3.05) is 160 Å². The van der Waals surface area contributed by atoms with Crippen LogP contribution in [0.15, 0.2) is 94.7 Å². The van der Waals surface area contributed by atoms with E-state index in [1.807, 2.05) is 0 Å². The van der Waals surface area contributed by atoms with Gasteiger partial charge in [-0.25, -0.2) is 35.6 Å². The number of hydrogen-bond donors (Lipinski definition) is 6. The molecule has 8 aromatic rings. The molecule has 33 heteroatoms. The van der Waals surface area contributed by atoms with Crippen LogP contribution in [-0.4, -0.2) is 208 Å². The molecule has 8 heterocycles. The van der Waals surface area contributed by atoms with Gasteiger partial charge in [0.1, 0.15) is 45.8 Å². The predicted molar refractivity (Wildman–Crippen MR) is 369 cm³/mol. The summed E-state index contributed by atoms with van der Waals surface area (Å²) in [6.07, 6.45) is 15.3. The van der Waals surface area contributed by atoms with Crippen LogP contribution in [0.3, 0.4) is 0 Å². The highest BCUT2D eigenvalue weighted by Gasteiger charge is 2.31. The van der Waals surface area contributed by atoms with Gasteiger partial charge in [0.2, 0.25) is 31.3 Å². The minimum atomic E-state index is -3.65. The van der Waals surface area contributed by atoms with Crippen molar-refractivity contribution >= 4 is 149 Å². The van der Waals surface area contributed by atoms with Crippen molar-refractivity contribution < 1.29 is 35.1 Å². The van der Waals surface area contributed by atoms with Crippen molar-refractivity contribution in [1.29, 1.82) is 0 Å². The van der Waals surface area contributed by atoms with Crippen LogP contribution in [0.5, 0.6) is 11.5 Å². The Balaban J connectivity index is 0.000000169. The number of rotatable bonds is 16. The average molecular weight is 1470 g/mol. The third-order valence-electron chi connectivity index (χ3n) is 16.4. The number of hydrogen-bond acceptors (Lipinski definition) is 24. The van der Waals surface area contributed by atoms with Gasteiger partial charge in [-0.1, -0.05) is 0 Å². The maximum absolute atomic E-state index is 15.6. The zero-order chi connectivity index (χ0) is 66.1. The van der Waals surface area contributed by atoms with E-state index in [-0.39, 0.29) is 34.2 Å². The number of nitrogens with one attached hydrogen (secondary N) is 5. The van der Waals surface area contributed by atoms with Crippen LogP contribution in [0.25, 0.3) is 22.1 Å². The molecule has 4 aliphatic rings. The number of likely N-dealkylation sites (N-methyl/N-ethyl adjacent to an activating group) is 2. The van der Waals surface area contributed by atoms with Crippen LogP contribution < -0.4 is 50.4 Å². The SMILES string of the molecule is COc1cc(N2CCC(N3CCN(C)CC3)CC2)c(F)cc1N.COc1cc(N2CCC(N3CCN(C)CC3)CC2)c(F)cc1Nc1ncc(Br)c(Nc2ccc3nccnc3c2NS(C)(=O)=O)n1.CS(=O)(=O)Nc1c(Nc2nc(Cl)ncc2Br)ccc2nccnc12. The summed E-state index contributed by atoms with van der Waals surface area (Å²) in [5.74, 6) is 1.24. The Bertz CT molecular complexity index is 4190. The largest absolute Gasteiger partial charge is 0.495 e. The van der Waals surface area contributed by atoms with Crippen LogP contribution >= 0.6 is 43.5 Å². The highest BCUT2D eigenvalue weighted by atomic mass is 79.9. The molecular weight excluding hydrogens is 1390 g/mol. The quantitative estimate of drug-likeness (QED) is 0.0388. The molecule has 4 aromatic carbocycles. The molecule has 0 saturated carbocycles. The monoisotopic (exact) mass is 1460 g/mol. The molecule has 0 amide bonds. The summed E-state index contributed by atoms with van der Waals surface area (Å²) in [4.78, 5) is 47.9. The number of benzene rings is 4. The molecule has 0 bridgehead atoms. The Labute approximate surface area is 560 Å². The van der Waals surface area contributed by atoms with Crippen molar-refractivity contribution in [3.05, 3.63) is 112 Å². The first kappa shape index (κ1) is 68.4. The fourth-order valence-corrected chi connectivity index (χ4v) is 13.4. The first-order chi connectivity index (χ1) is 44.5. The van der Waals surface area contributed by atoms with Gasteiger partial charge in [0.15, 0.2) is 0 Å². The number of piperidine rings is 2. The molecule has 4 saturated heterocycles. The summed E-state index contributed by atoms with van der Waals surface area (Å²) >= 11 is 12.6. The lowest BCUT2D eigenvalue weighted by atomic mass is 10.0. The lowest BCUT2D eigenvalue weighted by Gasteiger charge is -2.42. The molecule has 26 nitrogen and oxygen atoms in total. The maximum atomic E-state index is 15.6. The number of ether oxygens (including phenoxy) is 2. The summed E-state index contributed by atoms with van der Waals surface area (Å²) < 4.78 is 94.7. The van der Waals surface area contributed by atoms with E-state index in [1.54, 1.807) is 43.5 Å². The third kappa shape index (κ3) is 17.7. The standard InChI is InChI=1S/C30H36BrFN10O3S.C17H27FN4O.C13H10BrClN6O2S/c1-40-12-14-41(15-13-40)19-6-10-42(11-7-19)25-17-26(45-2)24(16-21(25)32)37-30-35-18-20(31)29(38-30)36-23-5-4-22-27(34-9-8-33-22)28(23)39-46(3,43)44;1-20-7-9-21(10-8-20)13-3-5-22(6-4-13)16-12-17(23-2)15(19)11-14(16)18;1-24(22,23)21-11-9(3-2-8-10(11)17-5-4-16-8)19-12-7(14)6-18-13(15)20-12/h4-5,8-9,16-19,39H,6-7,10-15H2,1-3H3,(H2,35,36,37,38);11-13H,3-10,19H2,1-2H3;2-6,21H,1H3,(H,18,19,20). The summed E-state index contributed by atoms with van der Waals surface area (Å²) in [6, 6.07) is 14.1. The molecule has 4 aromatic heterocycles. The summed E-state index contributed by atoms with van der Waals surface area (Å²) in [5, 5.41) is 9.30. The van der Waals surface area contributed by atoms with Crippen LogP contribution in [-0.2, 0) is 20.0 Å². The molecule has 496 valence electrons. The minimum absolute atomic E-state index is 0.0545. The number of piperazine rings is 2. The number of nitrogens with zero attached hydrogens (tertiary/aromatic N) is 14. The summed E-state index contributed by atoms with van der Waals surface area (Å²) in [7, 11) is 0.260. The number of aromatic nitrogens is 8. The van der Waals surface area contributed by atoms with Gasteiger partial charge in [0, 0.05) is 152 Å². The topological polar surface area (TPSA) is 295 Å². The van der Waals surface area contributed by atoms with Gasteiger partial charge in [-0.3, -0.25) is 39.2 Å². The molecule has 0 spiro atoms. The van der Waals surface area contributed by atoms with E-state index in [1.165, 1.54) is 56.4 Å². The molecule has 4 fully saturated rings. The summed E-state index contributed by atoms with van der Waals surface area (Å²) in [6.45, 7) is 12.2. The molecule has 12 rings (SSSR count). The van der Waals surface area contributed by atoms with Crippen molar-refractivity contribution in [2.45, 2.75) is 37.8 Å². The fraction of sp³-hybridized carbons (Fsp3) is 0.400. The number of methoxy groups -OCH3 is 2. The second-order valence-corrected chi connectivity index (χ2v) is 28.4. The van der Waals surface area contributed by atoms with Crippen molar-refractivity contribution in [1.82, 2.24) is 59.5 Å². The highest BCUT2D eigenvalue weighted by molar-refractivity contribution is 9.11. The van der Waals surface area contributed by atoms with Crippen molar-refractivity contribution in [3.8, 4) is 11.5 Å². The molecule has 0 atom stereocenters. The van der Waals surface area contributed by atoms with Gasteiger partial charge in [0.05, 0.1) is 92.2 Å². The van der Waals surface area contributed by atoms with Gasteiger partial charge < -0.3 is 50.8 Å². The zero-order valence-corrected chi connectivity index (χ0v) is 57.6. The van der Waals surface area contributed by atoms with Crippen LogP contribution in [0.2, 0.25) is 5.28 Å². The molecule has 4 aliphatic heterocycles.